The summed E-state index contributed by atoms with van der Waals surface area (Å²) in [4.78, 5) is 8.20. The minimum Gasteiger partial charge on any atom is -0.374 e. The predicted octanol–water partition coefficient (Wildman–Crippen LogP) is 4.13. The van der Waals surface area contributed by atoms with E-state index in [1.54, 1.807) is 12.1 Å². The van der Waals surface area contributed by atoms with Crippen molar-refractivity contribution in [1.82, 2.24) is 9.97 Å². The molecule has 1 aromatic heterocycles. The highest BCUT2D eigenvalue weighted by molar-refractivity contribution is 6.37. The number of nitrogens with zero attached hydrogens (tertiary/aromatic N) is 2. The Morgan fingerprint density at radius 1 is 1.21 bits per heavy atom. The van der Waals surface area contributed by atoms with E-state index < -0.39 is 0 Å². The third-order valence-electron chi connectivity index (χ3n) is 2.42. The number of aromatic nitrogens is 2. The van der Waals surface area contributed by atoms with E-state index in [2.05, 4.69) is 9.97 Å². The van der Waals surface area contributed by atoms with Gasteiger partial charge >= 0.3 is 0 Å². The molecule has 0 saturated carbocycles. The van der Waals surface area contributed by atoms with Crippen molar-refractivity contribution in [2.24, 2.45) is 0 Å². The molecule has 0 saturated heterocycles. The molecule has 100 valence electrons. The number of rotatable bonds is 4. The maximum Gasteiger partial charge on any atom is 0.157 e. The second-order valence-corrected chi connectivity index (χ2v) is 4.46. The summed E-state index contributed by atoms with van der Waals surface area (Å²) in [5.41, 5.74) is 0.959. The van der Waals surface area contributed by atoms with E-state index >= 15 is 0 Å². The summed E-state index contributed by atoms with van der Waals surface area (Å²) in [5, 5.41) is 0.362. The van der Waals surface area contributed by atoms with E-state index in [9.17, 15) is 4.39 Å². The standard InChI is InChI=1S/C13H11Cl2FN2O/c1-2-19-7-10-17-12(14)11(13(15)18-10)8-4-3-5-9(16)6-8/h3-6H,2,7H2,1H3. The second kappa shape index (κ2) is 6.28. The summed E-state index contributed by atoms with van der Waals surface area (Å²) in [6, 6.07) is 5.95. The van der Waals surface area contributed by atoms with Crippen molar-refractivity contribution < 1.29 is 9.13 Å². The summed E-state index contributed by atoms with van der Waals surface area (Å²) in [6.07, 6.45) is 0. The van der Waals surface area contributed by atoms with Crippen LogP contribution >= 0.6 is 23.2 Å². The Morgan fingerprint density at radius 2 is 1.89 bits per heavy atom. The zero-order valence-corrected chi connectivity index (χ0v) is 11.7. The third kappa shape index (κ3) is 3.41. The third-order valence-corrected chi connectivity index (χ3v) is 2.96. The lowest BCUT2D eigenvalue weighted by atomic mass is 10.1. The van der Waals surface area contributed by atoms with Gasteiger partial charge in [0, 0.05) is 6.61 Å². The van der Waals surface area contributed by atoms with Crippen molar-refractivity contribution >= 4 is 23.2 Å². The zero-order valence-electron chi connectivity index (χ0n) is 10.2. The van der Waals surface area contributed by atoms with Crippen LogP contribution in [0.15, 0.2) is 24.3 Å². The molecule has 0 aliphatic carbocycles. The van der Waals surface area contributed by atoms with Crippen molar-refractivity contribution in [2.75, 3.05) is 6.61 Å². The van der Waals surface area contributed by atoms with Gasteiger partial charge in [-0.05, 0) is 24.6 Å². The number of ether oxygens (including phenoxy) is 1. The summed E-state index contributed by atoms with van der Waals surface area (Å²) in [5.74, 6) is 0.0278. The van der Waals surface area contributed by atoms with E-state index in [0.717, 1.165) is 0 Å². The van der Waals surface area contributed by atoms with Crippen molar-refractivity contribution in [1.29, 1.82) is 0 Å². The molecule has 1 aromatic carbocycles. The van der Waals surface area contributed by atoms with Crippen LogP contribution in [-0.2, 0) is 11.3 Å². The van der Waals surface area contributed by atoms with E-state index in [0.29, 0.717) is 23.6 Å². The van der Waals surface area contributed by atoms with Gasteiger partial charge in [0.25, 0.3) is 0 Å². The maximum atomic E-state index is 13.2. The van der Waals surface area contributed by atoms with E-state index in [1.165, 1.54) is 12.1 Å². The minimum atomic E-state index is -0.372. The van der Waals surface area contributed by atoms with Crippen LogP contribution in [0.1, 0.15) is 12.7 Å². The van der Waals surface area contributed by atoms with Crippen molar-refractivity contribution in [3.63, 3.8) is 0 Å². The molecule has 6 heteroatoms. The Bertz CT molecular complexity index is 570. The average Bonchev–Trinajstić information content (AvgIpc) is 2.35. The minimum absolute atomic E-state index is 0.181. The Hall–Kier alpha value is -1.23. The van der Waals surface area contributed by atoms with Crippen molar-refractivity contribution in [3.05, 3.63) is 46.2 Å². The number of halogens is 3. The molecule has 0 aliphatic rings. The van der Waals surface area contributed by atoms with Crippen LogP contribution in [0.3, 0.4) is 0 Å². The quantitative estimate of drug-likeness (QED) is 0.797. The molecule has 0 aliphatic heterocycles. The summed E-state index contributed by atoms with van der Waals surface area (Å²) in [6.45, 7) is 2.65. The molecule has 0 radical (unpaired) electrons. The smallest absolute Gasteiger partial charge is 0.157 e. The lowest BCUT2D eigenvalue weighted by Crippen LogP contribution is -2.01. The fourth-order valence-corrected chi connectivity index (χ4v) is 2.23. The number of hydrogen-bond acceptors (Lipinski definition) is 3. The van der Waals surface area contributed by atoms with Crippen LogP contribution in [0, 0.1) is 5.82 Å². The van der Waals surface area contributed by atoms with Crippen LogP contribution in [0.5, 0.6) is 0 Å². The highest BCUT2D eigenvalue weighted by Gasteiger charge is 2.14. The first-order valence-electron chi connectivity index (χ1n) is 5.67. The molecule has 3 nitrogen and oxygen atoms in total. The molecule has 0 bridgehead atoms. The van der Waals surface area contributed by atoms with Crippen LogP contribution in [0.25, 0.3) is 11.1 Å². The predicted molar refractivity (Wildman–Crippen MR) is 72.8 cm³/mol. The van der Waals surface area contributed by atoms with E-state index in [1.807, 2.05) is 6.92 Å². The van der Waals surface area contributed by atoms with Gasteiger partial charge in [-0.1, -0.05) is 35.3 Å². The van der Waals surface area contributed by atoms with Gasteiger partial charge in [0.2, 0.25) is 0 Å². The molecule has 1 heterocycles. The zero-order chi connectivity index (χ0) is 13.8. The van der Waals surface area contributed by atoms with Gasteiger partial charge in [-0.2, -0.15) is 0 Å². The van der Waals surface area contributed by atoms with Crippen LogP contribution < -0.4 is 0 Å². The molecule has 19 heavy (non-hydrogen) atoms. The summed E-state index contributed by atoms with van der Waals surface area (Å²) < 4.78 is 18.4. The van der Waals surface area contributed by atoms with Crippen LogP contribution in [-0.4, -0.2) is 16.6 Å². The molecule has 0 atom stereocenters. The first-order valence-corrected chi connectivity index (χ1v) is 6.43. The summed E-state index contributed by atoms with van der Waals surface area (Å²) in [7, 11) is 0. The summed E-state index contributed by atoms with van der Waals surface area (Å²) >= 11 is 12.2. The topological polar surface area (TPSA) is 35.0 Å². The number of benzene rings is 1. The van der Waals surface area contributed by atoms with Gasteiger partial charge in [-0.25, -0.2) is 14.4 Å². The van der Waals surface area contributed by atoms with Crippen LogP contribution in [0.4, 0.5) is 4.39 Å². The molecule has 0 fully saturated rings. The first kappa shape index (κ1) is 14.2. The van der Waals surface area contributed by atoms with Gasteiger partial charge in [-0.3, -0.25) is 0 Å². The molecule has 0 amide bonds. The average molecular weight is 301 g/mol. The van der Waals surface area contributed by atoms with E-state index in [4.69, 9.17) is 27.9 Å². The largest absolute Gasteiger partial charge is 0.374 e. The highest BCUT2D eigenvalue weighted by atomic mass is 35.5. The molecule has 0 N–H and O–H groups in total. The van der Waals surface area contributed by atoms with Gasteiger partial charge in [0.05, 0.1) is 5.56 Å². The fraction of sp³-hybridized carbons (Fsp3) is 0.231. The van der Waals surface area contributed by atoms with Crippen molar-refractivity contribution in [2.45, 2.75) is 13.5 Å². The Labute approximate surface area is 120 Å². The Kier molecular flexibility index (Phi) is 4.69. The molecule has 0 unspecified atom stereocenters. The Morgan fingerprint density at radius 3 is 2.47 bits per heavy atom. The van der Waals surface area contributed by atoms with E-state index in [-0.39, 0.29) is 22.7 Å². The molecule has 2 aromatic rings. The van der Waals surface area contributed by atoms with Crippen molar-refractivity contribution in [3.8, 4) is 11.1 Å². The molecule has 2 rings (SSSR count). The van der Waals surface area contributed by atoms with Crippen LogP contribution in [0.2, 0.25) is 10.3 Å². The maximum absolute atomic E-state index is 13.2. The van der Waals surface area contributed by atoms with Gasteiger partial charge in [0.1, 0.15) is 22.7 Å². The van der Waals surface area contributed by atoms with Gasteiger partial charge in [0.15, 0.2) is 5.82 Å². The molecular formula is C13H11Cl2FN2O. The first-order chi connectivity index (χ1) is 9.11. The normalized spacial score (nSPS) is 10.7. The fourth-order valence-electron chi connectivity index (χ4n) is 1.59. The number of hydrogen-bond donors (Lipinski definition) is 0. The lowest BCUT2D eigenvalue weighted by molar-refractivity contribution is 0.128. The molecular weight excluding hydrogens is 290 g/mol. The second-order valence-electron chi connectivity index (χ2n) is 3.74. The lowest BCUT2D eigenvalue weighted by Gasteiger charge is -2.08. The van der Waals surface area contributed by atoms with Gasteiger partial charge in [-0.15, -0.1) is 0 Å². The Balaban J connectivity index is 2.42. The SMILES string of the molecule is CCOCc1nc(Cl)c(-c2cccc(F)c2)c(Cl)n1. The molecule has 0 spiro atoms. The monoisotopic (exact) mass is 300 g/mol. The van der Waals surface area contributed by atoms with Gasteiger partial charge < -0.3 is 4.74 Å². The highest BCUT2D eigenvalue weighted by Crippen LogP contribution is 2.32.